The smallest absolute Gasteiger partial charge is 0.327 e. The van der Waals surface area contributed by atoms with Crippen LogP contribution in [0.15, 0.2) is 28.3 Å². The number of hydrogen-bond acceptors (Lipinski definition) is 7. The molecule has 2 aromatic rings. The zero-order chi connectivity index (χ0) is 14.5. The van der Waals surface area contributed by atoms with Gasteiger partial charge in [0.15, 0.2) is 0 Å². The van der Waals surface area contributed by atoms with Crippen LogP contribution in [0.4, 0.5) is 0 Å². The number of halogens is 1. The lowest BCUT2D eigenvalue weighted by Crippen LogP contribution is -2.13. The molecule has 9 heteroatoms. The van der Waals surface area contributed by atoms with Gasteiger partial charge in [-0.05, 0) is 40.4 Å². The lowest BCUT2D eigenvalue weighted by Gasteiger charge is -2.04. The van der Waals surface area contributed by atoms with Gasteiger partial charge in [-0.1, -0.05) is 11.6 Å². The molecule has 0 bridgehead atoms. The monoisotopic (exact) mass is 309 g/mol. The molecule has 1 heterocycles. The van der Waals surface area contributed by atoms with Gasteiger partial charge in [0.25, 0.3) is 0 Å². The number of aromatic nitrogens is 4. The molecule has 0 atom stereocenters. The number of ether oxygens (including phenoxy) is 1. The number of esters is 1. The van der Waals surface area contributed by atoms with Gasteiger partial charge in [0, 0.05) is 9.92 Å². The highest BCUT2D eigenvalue weighted by molar-refractivity contribution is 7.99. The van der Waals surface area contributed by atoms with E-state index in [1.807, 2.05) is 6.07 Å². The second-order valence-corrected chi connectivity index (χ2v) is 5.00. The number of hydrogen-bond donors (Lipinski definition) is 0. The minimum atomic E-state index is -0.462. The highest BCUT2D eigenvalue weighted by Crippen LogP contribution is 2.30. The summed E-state index contributed by atoms with van der Waals surface area (Å²) < 4.78 is 5.85. The number of nitrogens with zero attached hydrogens (tertiary/aromatic N) is 5. The molecule has 0 amide bonds. The van der Waals surface area contributed by atoms with Crippen LogP contribution >= 0.6 is 23.4 Å². The van der Waals surface area contributed by atoms with Gasteiger partial charge in [-0.25, -0.2) is 4.68 Å². The van der Waals surface area contributed by atoms with Gasteiger partial charge >= 0.3 is 5.97 Å². The Labute approximate surface area is 123 Å². The summed E-state index contributed by atoms with van der Waals surface area (Å²) in [5.74, 6) is -0.462. The molecule has 0 fully saturated rings. The summed E-state index contributed by atoms with van der Waals surface area (Å²) in [6.07, 6.45) is 0. The molecule has 0 aliphatic rings. The third-order valence-electron chi connectivity index (χ3n) is 2.27. The fraction of sp³-hybridized carbons (Fsp3) is 0.182. The average Bonchev–Trinajstić information content (AvgIpc) is 2.87. The summed E-state index contributed by atoms with van der Waals surface area (Å²) in [5.41, 5.74) is 0.412. The summed E-state index contributed by atoms with van der Waals surface area (Å²) in [6.45, 7) is -0.0959. The molecule has 0 aliphatic heterocycles. The summed E-state index contributed by atoms with van der Waals surface area (Å²) in [7, 11) is 1.28. The van der Waals surface area contributed by atoms with Crippen molar-refractivity contribution in [2.24, 2.45) is 0 Å². The van der Waals surface area contributed by atoms with Crippen molar-refractivity contribution in [2.45, 2.75) is 16.6 Å². The molecule has 0 spiro atoms. The number of tetrazole rings is 1. The number of carbonyl (C=O) groups is 1. The molecule has 1 aromatic heterocycles. The highest BCUT2D eigenvalue weighted by Gasteiger charge is 2.14. The molecule has 0 N–H and O–H groups in total. The fourth-order valence-electron chi connectivity index (χ4n) is 1.33. The standard InChI is InChI=1S/C11H8ClN5O2S/c1-19-10(18)6-17-11(14-15-16-17)20-9-3-2-8(12)4-7(9)5-13/h2-4H,6H2,1H3. The van der Waals surface area contributed by atoms with Crippen molar-refractivity contribution in [3.8, 4) is 6.07 Å². The molecule has 2 rings (SSSR count). The van der Waals surface area contributed by atoms with Crippen LogP contribution < -0.4 is 0 Å². The molecule has 0 unspecified atom stereocenters. The van der Waals surface area contributed by atoms with E-state index >= 15 is 0 Å². The number of nitriles is 1. The zero-order valence-corrected chi connectivity index (χ0v) is 11.9. The normalized spacial score (nSPS) is 10.1. The van der Waals surface area contributed by atoms with Crippen molar-refractivity contribution in [3.63, 3.8) is 0 Å². The van der Waals surface area contributed by atoms with Gasteiger partial charge < -0.3 is 4.74 Å². The van der Waals surface area contributed by atoms with Crippen LogP contribution in [-0.4, -0.2) is 33.3 Å². The van der Waals surface area contributed by atoms with E-state index in [9.17, 15) is 4.79 Å². The lowest BCUT2D eigenvalue weighted by atomic mass is 10.2. The Bertz CT molecular complexity index is 682. The number of rotatable bonds is 4. The topological polar surface area (TPSA) is 93.7 Å². The second-order valence-electron chi connectivity index (χ2n) is 3.55. The minimum absolute atomic E-state index is 0.0959. The fourth-order valence-corrected chi connectivity index (χ4v) is 2.34. The zero-order valence-electron chi connectivity index (χ0n) is 10.3. The first-order chi connectivity index (χ1) is 9.63. The van der Waals surface area contributed by atoms with Crippen LogP contribution in [0.2, 0.25) is 5.02 Å². The SMILES string of the molecule is COC(=O)Cn1nnnc1Sc1ccc(Cl)cc1C#N. The average molecular weight is 310 g/mol. The van der Waals surface area contributed by atoms with Crippen molar-refractivity contribution in [2.75, 3.05) is 7.11 Å². The first-order valence-corrected chi connectivity index (χ1v) is 6.54. The Morgan fingerprint density at radius 3 is 3.10 bits per heavy atom. The third kappa shape index (κ3) is 3.26. The maximum Gasteiger partial charge on any atom is 0.327 e. The van der Waals surface area contributed by atoms with Gasteiger partial charge in [-0.2, -0.15) is 5.26 Å². The Kier molecular flexibility index (Phi) is 4.55. The van der Waals surface area contributed by atoms with Gasteiger partial charge in [-0.15, -0.1) is 5.10 Å². The van der Waals surface area contributed by atoms with E-state index in [0.29, 0.717) is 20.6 Å². The largest absolute Gasteiger partial charge is 0.468 e. The molecule has 0 saturated heterocycles. The van der Waals surface area contributed by atoms with Gasteiger partial charge in [0.05, 0.1) is 12.7 Å². The molecule has 0 radical (unpaired) electrons. The molecule has 1 aromatic carbocycles. The van der Waals surface area contributed by atoms with E-state index in [0.717, 1.165) is 0 Å². The summed E-state index contributed by atoms with van der Waals surface area (Å²) >= 11 is 7.00. The molecule has 0 saturated carbocycles. The predicted octanol–water partition coefficient (Wildman–Crippen LogP) is 1.52. The third-order valence-corrected chi connectivity index (χ3v) is 3.55. The van der Waals surface area contributed by atoms with Crippen LogP contribution in [0.1, 0.15) is 5.56 Å². The molecular formula is C11H8ClN5O2S. The van der Waals surface area contributed by atoms with Crippen LogP contribution in [0.3, 0.4) is 0 Å². The van der Waals surface area contributed by atoms with Crippen LogP contribution in [0, 0.1) is 11.3 Å². The van der Waals surface area contributed by atoms with Crippen molar-refractivity contribution in [3.05, 3.63) is 28.8 Å². The Balaban J connectivity index is 2.25. The van der Waals surface area contributed by atoms with E-state index in [1.165, 1.54) is 23.6 Å². The van der Waals surface area contributed by atoms with Gasteiger partial charge in [-0.3, -0.25) is 4.79 Å². The number of carbonyl (C=O) groups excluding carboxylic acids is 1. The lowest BCUT2D eigenvalue weighted by molar-refractivity contribution is -0.141. The minimum Gasteiger partial charge on any atom is -0.468 e. The Morgan fingerprint density at radius 2 is 2.40 bits per heavy atom. The van der Waals surface area contributed by atoms with Gasteiger partial charge in [0.2, 0.25) is 5.16 Å². The van der Waals surface area contributed by atoms with Crippen molar-refractivity contribution in [1.29, 1.82) is 5.26 Å². The van der Waals surface area contributed by atoms with E-state index in [2.05, 4.69) is 20.3 Å². The van der Waals surface area contributed by atoms with E-state index in [4.69, 9.17) is 16.9 Å². The molecule has 0 aliphatic carbocycles. The van der Waals surface area contributed by atoms with Crippen molar-refractivity contribution >= 4 is 29.3 Å². The summed E-state index contributed by atoms with van der Waals surface area (Å²) in [6, 6.07) is 6.96. The Hall–Kier alpha value is -2.11. The van der Waals surface area contributed by atoms with E-state index in [1.54, 1.807) is 18.2 Å². The number of methoxy groups -OCH3 is 1. The van der Waals surface area contributed by atoms with E-state index in [-0.39, 0.29) is 6.54 Å². The maximum atomic E-state index is 11.2. The molecular weight excluding hydrogens is 302 g/mol. The quantitative estimate of drug-likeness (QED) is 0.790. The van der Waals surface area contributed by atoms with Crippen molar-refractivity contribution in [1.82, 2.24) is 20.2 Å². The maximum absolute atomic E-state index is 11.2. The van der Waals surface area contributed by atoms with Crippen molar-refractivity contribution < 1.29 is 9.53 Å². The first-order valence-electron chi connectivity index (χ1n) is 5.34. The second kappa shape index (κ2) is 6.36. The number of benzene rings is 1. The Morgan fingerprint density at radius 1 is 1.60 bits per heavy atom. The molecule has 7 nitrogen and oxygen atoms in total. The molecule has 102 valence electrons. The summed E-state index contributed by atoms with van der Waals surface area (Å²) in [5, 5.41) is 20.9. The van der Waals surface area contributed by atoms with E-state index < -0.39 is 5.97 Å². The van der Waals surface area contributed by atoms with Crippen LogP contribution in [0.25, 0.3) is 0 Å². The highest BCUT2D eigenvalue weighted by atomic mass is 35.5. The molecule has 20 heavy (non-hydrogen) atoms. The predicted molar refractivity (Wildman–Crippen MR) is 70.1 cm³/mol. The first kappa shape index (κ1) is 14.3. The van der Waals surface area contributed by atoms with Crippen LogP contribution in [-0.2, 0) is 16.1 Å². The van der Waals surface area contributed by atoms with Gasteiger partial charge in [0.1, 0.15) is 12.6 Å². The summed E-state index contributed by atoms with van der Waals surface area (Å²) in [4.78, 5) is 11.9. The van der Waals surface area contributed by atoms with Crippen LogP contribution in [0.5, 0.6) is 0 Å².